The van der Waals surface area contributed by atoms with E-state index in [4.69, 9.17) is 11.6 Å². The van der Waals surface area contributed by atoms with Crippen molar-refractivity contribution < 1.29 is 0 Å². The minimum Gasteiger partial charge on any atom is -0.310 e. The van der Waals surface area contributed by atoms with Crippen molar-refractivity contribution in [1.82, 2.24) is 0 Å². The summed E-state index contributed by atoms with van der Waals surface area (Å²) in [6.45, 7) is 20.9. The molecule has 0 unspecified atom stereocenters. The van der Waals surface area contributed by atoms with E-state index in [0.29, 0.717) is 5.02 Å². The second kappa shape index (κ2) is 17.6. The van der Waals surface area contributed by atoms with Gasteiger partial charge in [-0.2, -0.15) is 0 Å². The Morgan fingerprint density at radius 1 is 0.366 bits per heavy atom. The molecule has 0 bridgehead atoms. The predicted octanol–water partition coefficient (Wildman–Crippen LogP) is 17.7. The van der Waals surface area contributed by atoms with Crippen LogP contribution in [0.2, 0.25) is 5.02 Å². The van der Waals surface area contributed by atoms with Crippen molar-refractivity contribution >= 4 is 84.8 Å². The molecule has 0 radical (unpaired) electrons. The highest BCUT2D eigenvalue weighted by atomic mass is 79.9. The van der Waals surface area contributed by atoms with Crippen molar-refractivity contribution in [3.05, 3.63) is 220 Å². The highest BCUT2D eigenvalue weighted by Gasteiger charge is 2.46. The van der Waals surface area contributed by atoms with Crippen molar-refractivity contribution in [2.75, 3.05) is 9.80 Å². The molecule has 350 valence electrons. The van der Waals surface area contributed by atoms with Crippen molar-refractivity contribution in [2.45, 2.75) is 78.6 Å². The number of benzene rings is 9. The molecule has 0 atom stereocenters. The smallest absolute Gasteiger partial charge is 0.252 e. The number of fused-ring (bicyclic) bond motifs is 4. The van der Waals surface area contributed by atoms with Crippen LogP contribution in [0.3, 0.4) is 0 Å². The molecule has 5 heteroatoms. The molecule has 9 aromatic carbocycles. The summed E-state index contributed by atoms with van der Waals surface area (Å²) in [6.07, 6.45) is 0. The van der Waals surface area contributed by atoms with Crippen LogP contribution in [-0.2, 0) is 16.2 Å². The van der Waals surface area contributed by atoms with Crippen molar-refractivity contribution in [3.63, 3.8) is 0 Å². The number of halogens is 2. The van der Waals surface area contributed by atoms with Gasteiger partial charge >= 0.3 is 0 Å². The maximum atomic E-state index is 7.27. The third-order valence-electron chi connectivity index (χ3n) is 14.6. The van der Waals surface area contributed by atoms with Gasteiger partial charge < -0.3 is 9.80 Å². The summed E-state index contributed by atoms with van der Waals surface area (Å²) < 4.78 is 1.03. The van der Waals surface area contributed by atoms with Crippen molar-refractivity contribution in [1.29, 1.82) is 0 Å². The first-order valence-corrected chi connectivity index (χ1v) is 26.1. The Hall–Kier alpha value is -6.59. The van der Waals surface area contributed by atoms with Crippen molar-refractivity contribution in [3.8, 4) is 44.5 Å². The predicted molar refractivity (Wildman–Crippen MR) is 311 cm³/mol. The first kappa shape index (κ1) is 46.8. The summed E-state index contributed by atoms with van der Waals surface area (Å²) in [5, 5.41) is 0.700. The summed E-state index contributed by atoms with van der Waals surface area (Å²) >= 11 is 11.3. The standard InChI is InChI=1S/C66H59BBrClN2/c1-64(2,3)46-34-51(42-22-14-10-15-23-42)62(52(35-46)43-24-16-11-17-25-43)70-57-40-49(68)30-32-55(57)67-56-33-31-50(69)41-58(56)71(60-39-48(66(7,8)9)38-59(70)61(60)67)63-53(44-26-18-12-19-27-44)36-47(65(4,5)6)37-54(63)45-28-20-13-21-29-45/h10-41H,1-9H3. The molecular weight excluding hydrogens is 947 g/mol. The number of hydrogen-bond acceptors (Lipinski definition) is 2. The summed E-state index contributed by atoms with van der Waals surface area (Å²) in [5.41, 5.74) is 23.2. The summed E-state index contributed by atoms with van der Waals surface area (Å²) in [6, 6.07) is 72.3. The Bertz CT molecular complexity index is 3150. The minimum absolute atomic E-state index is 0.111. The molecule has 0 N–H and O–H groups in total. The van der Waals surface area contributed by atoms with Gasteiger partial charge in [0.25, 0.3) is 6.71 Å². The lowest BCUT2D eigenvalue weighted by Crippen LogP contribution is -2.61. The molecule has 11 rings (SSSR count). The van der Waals surface area contributed by atoms with E-state index in [1.807, 2.05) is 0 Å². The lowest BCUT2D eigenvalue weighted by Gasteiger charge is -2.46. The van der Waals surface area contributed by atoms with Crippen molar-refractivity contribution in [2.24, 2.45) is 0 Å². The Balaban J connectivity index is 1.34. The topological polar surface area (TPSA) is 6.48 Å². The van der Waals surface area contributed by atoms with E-state index in [2.05, 4.69) is 282 Å². The molecule has 0 amide bonds. The van der Waals surface area contributed by atoms with E-state index >= 15 is 0 Å². The van der Waals surface area contributed by atoms with Gasteiger partial charge in [-0.25, -0.2) is 0 Å². The largest absolute Gasteiger partial charge is 0.310 e. The molecule has 71 heavy (non-hydrogen) atoms. The first-order valence-electron chi connectivity index (χ1n) is 24.9. The molecule has 0 saturated heterocycles. The van der Waals surface area contributed by atoms with Crippen LogP contribution in [0.5, 0.6) is 0 Å². The van der Waals surface area contributed by atoms with E-state index in [1.54, 1.807) is 0 Å². The van der Waals surface area contributed by atoms with Crippen LogP contribution in [0, 0.1) is 0 Å². The number of hydrogen-bond donors (Lipinski definition) is 0. The first-order chi connectivity index (χ1) is 34.0. The normalized spacial score (nSPS) is 13.2. The fourth-order valence-electron chi connectivity index (χ4n) is 10.8. The number of nitrogens with zero attached hydrogens (tertiary/aromatic N) is 2. The average molecular weight is 1010 g/mol. The van der Waals surface area contributed by atoms with Crippen LogP contribution in [-0.4, -0.2) is 6.71 Å². The summed E-state index contributed by atoms with van der Waals surface area (Å²) in [5.74, 6) is 0. The van der Waals surface area contributed by atoms with E-state index < -0.39 is 0 Å². The van der Waals surface area contributed by atoms with Gasteiger partial charge in [0, 0.05) is 54.5 Å². The van der Waals surface area contributed by atoms with Crippen LogP contribution >= 0.6 is 27.5 Å². The Kier molecular flexibility index (Phi) is 11.6. The zero-order chi connectivity index (χ0) is 49.6. The van der Waals surface area contributed by atoms with E-state index in [0.717, 1.165) is 44.0 Å². The summed E-state index contributed by atoms with van der Waals surface area (Å²) in [7, 11) is 0. The van der Waals surface area contributed by atoms with Gasteiger partial charge in [-0.05, 0) is 132 Å². The molecule has 0 spiro atoms. The summed E-state index contributed by atoms with van der Waals surface area (Å²) in [4.78, 5) is 5.21. The van der Waals surface area contributed by atoms with Crippen LogP contribution in [0.4, 0.5) is 34.1 Å². The molecule has 9 aromatic rings. The quantitative estimate of drug-likeness (QED) is 0.153. The Labute approximate surface area is 435 Å². The highest BCUT2D eigenvalue weighted by molar-refractivity contribution is 9.10. The molecule has 0 aliphatic carbocycles. The van der Waals surface area contributed by atoms with Gasteiger partial charge in [0.15, 0.2) is 0 Å². The van der Waals surface area contributed by atoms with Gasteiger partial charge in [0.1, 0.15) is 0 Å². The third-order valence-corrected chi connectivity index (χ3v) is 15.3. The lowest BCUT2D eigenvalue weighted by atomic mass is 9.33. The third kappa shape index (κ3) is 8.33. The lowest BCUT2D eigenvalue weighted by molar-refractivity contribution is 0.590. The zero-order valence-corrected chi connectivity index (χ0v) is 44.5. The highest BCUT2D eigenvalue weighted by Crippen LogP contribution is 2.55. The molecule has 0 saturated carbocycles. The molecule has 2 nitrogen and oxygen atoms in total. The van der Waals surface area contributed by atoms with Gasteiger partial charge in [-0.3, -0.25) is 0 Å². The molecular formula is C66H59BBrClN2. The second-order valence-corrected chi connectivity index (χ2v) is 23.8. The molecule has 0 aromatic heterocycles. The second-order valence-electron chi connectivity index (χ2n) is 22.5. The number of rotatable bonds is 6. The van der Waals surface area contributed by atoms with E-state index in [-0.39, 0.29) is 23.0 Å². The Morgan fingerprint density at radius 3 is 1.04 bits per heavy atom. The molecule has 2 aliphatic rings. The molecule has 2 aliphatic heterocycles. The Morgan fingerprint density at radius 2 is 0.690 bits per heavy atom. The average Bonchev–Trinajstić information content (AvgIpc) is 3.35. The van der Waals surface area contributed by atoms with Crippen LogP contribution in [0.15, 0.2) is 199 Å². The van der Waals surface area contributed by atoms with Gasteiger partial charge in [-0.15, -0.1) is 0 Å². The molecule has 2 heterocycles. The minimum atomic E-state index is -0.230. The van der Waals surface area contributed by atoms with Crippen LogP contribution < -0.4 is 26.2 Å². The van der Waals surface area contributed by atoms with Gasteiger partial charge in [0.2, 0.25) is 0 Å². The van der Waals surface area contributed by atoms with Gasteiger partial charge in [0.05, 0.1) is 11.4 Å². The molecule has 0 fully saturated rings. The maximum Gasteiger partial charge on any atom is 0.252 e. The van der Waals surface area contributed by atoms with Crippen LogP contribution in [0.25, 0.3) is 44.5 Å². The van der Waals surface area contributed by atoms with E-state index in [1.165, 1.54) is 72.1 Å². The SMILES string of the molecule is CC(C)(C)c1cc(-c2ccccc2)c(N2c3cc(Cl)ccc3B3c4ccc(Br)cc4N(c4c(-c5ccccc5)cc(C(C)(C)C)cc4-c4ccccc4)c4cc(C(C)(C)C)cc2c43)c(-c2ccccc2)c1. The van der Waals surface area contributed by atoms with Gasteiger partial charge in [-0.1, -0.05) is 223 Å². The fraction of sp³-hybridized carbons (Fsp3) is 0.182. The van der Waals surface area contributed by atoms with E-state index in [9.17, 15) is 0 Å². The maximum absolute atomic E-state index is 7.27. The fourth-order valence-corrected chi connectivity index (χ4v) is 11.3. The van der Waals surface area contributed by atoms with Crippen LogP contribution in [0.1, 0.15) is 79.0 Å². The zero-order valence-electron chi connectivity index (χ0n) is 42.2. The monoisotopic (exact) mass is 1000 g/mol. The number of anilines is 6.